The van der Waals surface area contributed by atoms with Gasteiger partial charge in [-0.2, -0.15) is 0 Å². The maximum Gasteiger partial charge on any atom is 0.333 e. The van der Waals surface area contributed by atoms with Crippen LogP contribution in [0.2, 0.25) is 0 Å². The highest BCUT2D eigenvalue weighted by molar-refractivity contribution is 6.00. The number of methoxy groups -OCH3 is 1. The third-order valence-electron chi connectivity index (χ3n) is 6.87. The summed E-state index contributed by atoms with van der Waals surface area (Å²) in [4.78, 5) is 52.9. The molecule has 0 radical (unpaired) electrons. The van der Waals surface area contributed by atoms with E-state index in [2.05, 4.69) is 5.32 Å². The highest BCUT2D eigenvalue weighted by atomic mass is 16.5. The number of aryl methyl sites for hydroxylation is 1. The Morgan fingerprint density at radius 2 is 1.72 bits per heavy atom. The van der Waals surface area contributed by atoms with Gasteiger partial charge >= 0.3 is 11.7 Å². The Balaban J connectivity index is 1.82. The van der Waals surface area contributed by atoms with Crippen molar-refractivity contribution in [3.63, 3.8) is 0 Å². The molecule has 36 heavy (non-hydrogen) atoms. The Kier molecular flexibility index (Phi) is 6.18. The summed E-state index contributed by atoms with van der Waals surface area (Å²) in [5.74, 6) is -0.998. The van der Waals surface area contributed by atoms with Crippen molar-refractivity contribution in [3.8, 4) is 0 Å². The summed E-state index contributed by atoms with van der Waals surface area (Å²) in [6.07, 6.45) is 1.74. The van der Waals surface area contributed by atoms with Gasteiger partial charge in [0.25, 0.3) is 5.56 Å². The van der Waals surface area contributed by atoms with Gasteiger partial charge in [-0.1, -0.05) is 60.2 Å². The van der Waals surface area contributed by atoms with Crippen LogP contribution < -0.4 is 16.6 Å². The monoisotopic (exact) mass is 485 g/mol. The summed E-state index contributed by atoms with van der Waals surface area (Å²) in [5, 5.41) is 3.30. The van der Waals surface area contributed by atoms with E-state index in [4.69, 9.17) is 4.74 Å². The molecule has 0 saturated carbocycles. The van der Waals surface area contributed by atoms with E-state index >= 15 is 0 Å². The molecule has 2 heterocycles. The molecular weight excluding hydrogens is 458 g/mol. The number of anilines is 1. The van der Waals surface area contributed by atoms with E-state index in [9.17, 15) is 19.2 Å². The number of rotatable bonds is 5. The summed E-state index contributed by atoms with van der Waals surface area (Å²) in [6.45, 7) is 1.64. The van der Waals surface area contributed by atoms with E-state index in [-0.39, 0.29) is 17.9 Å². The summed E-state index contributed by atoms with van der Waals surface area (Å²) < 4.78 is 7.17. The zero-order chi connectivity index (χ0) is 25.4. The maximum absolute atomic E-state index is 13.9. The van der Waals surface area contributed by atoms with E-state index in [0.29, 0.717) is 30.7 Å². The van der Waals surface area contributed by atoms with E-state index < -0.39 is 29.7 Å². The molecule has 0 amide bonds. The molecule has 1 N–H and O–H groups in total. The molecule has 2 aromatic carbocycles. The average Bonchev–Trinajstić information content (AvgIpc) is 2.89. The quantitative estimate of drug-likeness (QED) is 0.558. The number of hydrogen-bond acceptors (Lipinski definition) is 6. The van der Waals surface area contributed by atoms with Crippen LogP contribution in [0.3, 0.4) is 0 Å². The lowest BCUT2D eigenvalue weighted by Gasteiger charge is -2.35. The number of aromatic nitrogens is 2. The summed E-state index contributed by atoms with van der Waals surface area (Å²) in [5.41, 5.74) is 3.07. The zero-order valence-electron chi connectivity index (χ0n) is 20.2. The van der Waals surface area contributed by atoms with Crippen molar-refractivity contribution in [1.29, 1.82) is 0 Å². The normalized spacial score (nSPS) is 16.7. The molecule has 8 heteroatoms. The van der Waals surface area contributed by atoms with Gasteiger partial charge in [0.15, 0.2) is 5.78 Å². The number of carbonyl (C=O) groups excluding carboxylic acids is 2. The topological polar surface area (TPSA) is 99.4 Å². The highest BCUT2D eigenvalue weighted by Crippen LogP contribution is 2.43. The highest BCUT2D eigenvalue weighted by Gasteiger charge is 2.39. The van der Waals surface area contributed by atoms with Crippen molar-refractivity contribution in [2.75, 3.05) is 12.4 Å². The third kappa shape index (κ3) is 4.08. The fourth-order valence-corrected chi connectivity index (χ4v) is 5.07. The molecule has 0 fully saturated rings. The molecule has 1 atom stereocenters. The number of hydrogen-bond donors (Lipinski definition) is 1. The minimum Gasteiger partial charge on any atom is -0.468 e. The standard InChI is InChI=1S/C28H27N3O5/c1-17-11-13-19(14-12-17)23-24-20(9-6-10-21(24)32)29-26-25(23)27(34)31(16-22(33)36-2)28(35)30(26)15-18-7-4-3-5-8-18/h3-5,7-8,11-14,23,29H,6,9-10,15-16H2,1-2H3/t23-/m0/s1. The molecular formula is C28H27N3O5. The average molecular weight is 486 g/mol. The first kappa shape index (κ1) is 23.5. The van der Waals surface area contributed by atoms with Crippen molar-refractivity contribution >= 4 is 17.6 Å². The van der Waals surface area contributed by atoms with Gasteiger partial charge < -0.3 is 10.1 Å². The van der Waals surface area contributed by atoms with Gasteiger partial charge in [0, 0.05) is 23.6 Å². The van der Waals surface area contributed by atoms with Crippen molar-refractivity contribution in [2.45, 2.75) is 45.2 Å². The number of fused-ring (bicyclic) bond motifs is 1. The molecule has 2 aliphatic rings. The lowest BCUT2D eigenvalue weighted by Crippen LogP contribution is -2.47. The first-order valence-corrected chi connectivity index (χ1v) is 12.0. The third-order valence-corrected chi connectivity index (χ3v) is 6.87. The van der Waals surface area contributed by atoms with Crippen LogP contribution in [0, 0.1) is 6.92 Å². The Morgan fingerprint density at radius 1 is 1.00 bits per heavy atom. The fourth-order valence-electron chi connectivity index (χ4n) is 5.07. The van der Waals surface area contributed by atoms with Gasteiger partial charge in [-0.05, 0) is 30.9 Å². The van der Waals surface area contributed by atoms with Crippen LogP contribution in [0.4, 0.5) is 5.82 Å². The molecule has 1 aliphatic carbocycles. The molecule has 3 aromatic rings. The molecule has 184 valence electrons. The van der Waals surface area contributed by atoms with Crippen LogP contribution in [-0.2, 0) is 27.4 Å². The van der Waals surface area contributed by atoms with Crippen molar-refractivity contribution in [1.82, 2.24) is 9.13 Å². The predicted octanol–water partition coefficient (Wildman–Crippen LogP) is 3.10. The van der Waals surface area contributed by atoms with Crippen LogP contribution in [0.5, 0.6) is 0 Å². The van der Waals surface area contributed by atoms with Crippen LogP contribution in [0.25, 0.3) is 0 Å². The van der Waals surface area contributed by atoms with Crippen LogP contribution >= 0.6 is 0 Å². The minimum atomic E-state index is -0.704. The lowest BCUT2D eigenvalue weighted by molar-refractivity contribution is -0.141. The van der Waals surface area contributed by atoms with Gasteiger partial charge in [0.2, 0.25) is 0 Å². The fraction of sp³-hybridized carbons (Fsp3) is 0.286. The number of esters is 1. The SMILES string of the molecule is COC(=O)Cn1c(=O)c2c(n(Cc3ccccc3)c1=O)NC1=C(C(=O)CCC1)[C@@H]2c1ccc(C)cc1. The van der Waals surface area contributed by atoms with Crippen molar-refractivity contribution in [2.24, 2.45) is 0 Å². The second-order valence-electron chi connectivity index (χ2n) is 9.22. The smallest absolute Gasteiger partial charge is 0.333 e. The Bertz CT molecular complexity index is 1500. The molecule has 0 saturated heterocycles. The summed E-state index contributed by atoms with van der Waals surface area (Å²) in [7, 11) is 1.21. The molecule has 8 nitrogen and oxygen atoms in total. The summed E-state index contributed by atoms with van der Waals surface area (Å²) >= 11 is 0. The maximum atomic E-state index is 13.9. The number of nitrogens with one attached hydrogen (secondary N) is 1. The lowest BCUT2D eigenvalue weighted by atomic mass is 9.76. The molecule has 0 spiro atoms. The van der Waals surface area contributed by atoms with E-state index in [1.54, 1.807) is 0 Å². The molecule has 5 rings (SSSR count). The van der Waals surface area contributed by atoms with Crippen LogP contribution in [0.1, 0.15) is 47.4 Å². The number of Topliss-reactive ketones (excluding diaryl/α,β-unsaturated/α-hetero) is 1. The van der Waals surface area contributed by atoms with Crippen molar-refractivity contribution < 1.29 is 14.3 Å². The van der Waals surface area contributed by atoms with Crippen LogP contribution in [-0.4, -0.2) is 28.0 Å². The number of nitrogens with zero attached hydrogens (tertiary/aromatic N) is 2. The second kappa shape index (κ2) is 9.45. The first-order chi connectivity index (χ1) is 17.4. The Labute approximate surface area is 207 Å². The van der Waals surface area contributed by atoms with Crippen molar-refractivity contribution in [3.05, 3.63) is 109 Å². The number of ketones is 1. The van der Waals surface area contributed by atoms with Gasteiger partial charge in [-0.25, -0.2) is 9.36 Å². The molecule has 1 aromatic heterocycles. The molecule has 0 bridgehead atoms. The minimum absolute atomic E-state index is 0.0142. The van der Waals surface area contributed by atoms with Gasteiger partial charge in [-0.3, -0.25) is 19.0 Å². The van der Waals surface area contributed by atoms with Crippen LogP contribution in [0.15, 0.2) is 75.5 Å². The van der Waals surface area contributed by atoms with E-state index in [0.717, 1.165) is 27.0 Å². The predicted molar refractivity (Wildman–Crippen MR) is 135 cm³/mol. The Hall–Kier alpha value is -4.20. The number of ether oxygens (including phenoxy) is 1. The van der Waals surface area contributed by atoms with Gasteiger partial charge in [0.1, 0.15) is 12.4 Å². The van der Waals surface area contributed by atoms with Gasteiger partial charge in [-0.15, -0.1) is 0 Å². The van der Waals surface area contributed by atoms with E-state index in [1.807, 2.05) is 61.5 Å². The summed E-state index contributed by atoms with van der Waals surface area (Å²) in [6, 6.07) is 17.1. The number of carbonyl (C=O) groups is 2. The number of allylic oxidation sites excluding steroid dienone is 2. The second-order valence-corrected chi connectivity index (χ2v) is 9.22. The molecule has 1 aliphatic heterocycles. The largest absolute Gasteiger partial charge is 0.468 e. The number of benzene rings is 2. The van der Waals surface area contributed by atoms with E-state index in [1.165, 1.54) is 11.7 Å². The zero-order valence-corrected chi connectivity index (χ0v) is 20.2. The first-order valence-electron chi connectivity index (χ1n) is 12.0. The molecule has 0 unspecified atom stereocenters. The Morgan fingerprint density at radius 3 is 2.42 bits per heavy atom. The van der Waals surface area contributed by atoms with Gasteiger partial charge in [0.05, 0.1) is 19.2 Å².